The molecule has 0 unspecified atom stereocenters. The first-order chi connectivity index (χ1) is 12.3. The normalized spacial score (nSPS) is 15.4. The molecule has 1 aromatic rings. The number of benzene rings is 1. The van der Waals surface area contributed by atoms with Crippen molar-refractivity contribution in [1.82, 2.24) is 9.21 Å². The SMILES string of the molecule is CCOC(=O)N1CCN(S(=O)(=O)c2ccc(OC)c(NC(C)=O)c2)CC1. The fourth-order valence-corrected chi connectivity index (χ4v) is 4.06. The van der Waals surface area contributed by atoms with Gasteiger partial charge in [-0.25, -0.2) is 13.2 Å². The molecule has 0 saturated carbocycles. The summed E-state index contributed by atoms with van der Waals surface area (Å²) in [4.78, 5) is 24.6. The van der Waals surface area contributed by atoms with Gasteiger partial charge in [-0.1, -0.05) is 0 Å². The number of carbonyl (C=O) groups excluding carboxylic acids is 2. The van der Waals surface area contributed by atoms with E-state index in [0.717, 1.165) is 0 Å². The molecule has 9 nitrogen and oxygen atoms in total. The van der Waals surface area contributed by atoms with E-state index < -0.39 is 16.1 Å². The fourth-order valence-electron chi connectivity index (χ4n) is 2.61. The van der Waals surface area contributed by atoms with Crippen LogP contribution in [0.2, 0.25) is 0 Å². The molecular weight excluding hydrogens is 362 g/mol. The third-order valence-corrected chi connectivity index (χ3v) is 5.78. The Bertz CT molecular complexity index is 772. The third-order valence-electron chi connectivity index (χ3n) is 3.88. The second-order valence-corrected chi connectivity index (χ2v) is 7.57. The van der Waals surface area contributed by atoms with Crippen molar-refractivity contribution in [1.29, 1.82) is 0 Å². The molecule has 144 valence electrons. The van der Waals surface area contributed by atoms with Gasteiger partial charge < -0.3 is 19.7 Å². The van der Waals surface area contributed by atoms with Crippen LogP contribution in [-0.4, -0.2) is 69.5 Å². The predicted molar refractivity (Wildman–Crippen MR) is 94.7 cm³/mol. The number of nitrogens with one attached hydrogen (secondary N) is 1. The molecule has 1 aliphatic rings. The van der Waals surface area contributed by atoms with E-state index >= 15 is 0 Å². The van der Waals surface area contributed by atoms with Crippen LogP contribution < -0.4 is 10.1 Å². The van der Waals surface area contributed by atoms with Crippen molar-refractivity contribution >= 4 is 27.7 Å². The molecule has 1 heterocycles. The molecule has 0 aromatic heterocycles. The highest BCUT2D eigenvalue weighted by atomic mass is 32.2. The second-order valence-electron chi connectivity index (χ2n) is 5.63. The zero-order valence-corrected chi connectivity index (χ0v) is 15.8. The minimum atomic E-state index is -3.76. The van der Waals surface area contributed by atoms with Gasteiger partial charge in [0.15, 0.2) is 0 Å². The van der Waals surface area contributed by atoms with E-state index in [1.54, 1.807) is 6.92 Å². The van der Waals surface area contributed by atoms with Crippen molar-refractivity contribution in [3.63, 3.8) is 0 Å². The average molecular weight is 385 g/mol. The molecular formula is C16H23N3O6S. The number of methoxy groups -OCH3 is 1. The molecule has 0 atom stereocenters. The van der Waals surface area contributed by atoms with Crippen LogP contribution in [0.15, 0.2) is 23.1 Å². The van der Waals surface area contributed by atoms with Crippen LogP contribution in [0.3, 0.4) is 0 Å². The van der Waals surface area contributed by atoms with Gasteiger partial charge in [0.1, 0.15) is 5.75 Å². The first-order valence-electron chi connectivity index (χ1n) is 8.17. The van der Waals surface area contributed by atoms with Gasteiger partial charge in [0.25, 0.3) is 0 Å². The van der Waals surface area contributed by atoms with Gasteiger partial charge in [-0.3, -0.25) is 4.79 Å². The van der Waals surface area contributed by atoms with Crippen molar-refractivity contribution in [3.8, 4) is 5.75 Å². The number of hydrogen-bond donors (Lipinski definition) is 1. The lowest BCUT2D eigenvalue weighted by Crippen LogP contribution is -2.50. The van der Waals surface area contributed by atoms with Gasteiger partial charge >= 0.3 is 6.09 Å². The van der Waals surface area contributed by atoms with E-state index in [0.29, 0.717) is 5.75 Å². The summed E-state index contributed by atoms with van der Waals surface area (Å²) < 4.78 is 37.1. The first kappa shape index (κ1) is 20.0. The molecule has 2 amide bonds. The van der Waals surface area contributed by atoms with Crippen molar-refractivity contribution in [2.75, 3.05) is 45.2 Å². The lowest BCUT2D eigenvalue weighted by molar-refractivity contribution is -0.114. The van der Waals surface area contributed by atoms with Crippen LogP contribution >= 0.6 is 0 Å². The highest BCUT2D eigenvalue weighted by molar-refractivity contribution is 7.89. The van der Waals surface area contributed by atoms with Crippen LogP contribution in [0.5, 0.6) is 5.75 Å². The van der Waals surface area contributed by atoms with Crippen LogP contribution in [0.1, 0.15) is 13.8 Å². The largest absolute Gasteiger partial charge is 0.495 e. The maximum atomic E-state index is 12.9. The Morgan fingerprint density at radius 2 is 1.85 bits per heavy atom. The summed E-state index contributed by atoms with van der Waals surface area (Å²) in [5, 5.41) is 2.56. The summed E-state index contributed by atoms with van der Waals surface area (Å²) in [6.45, 7) is 4.17. The Labute approximate surface area is 152 Å². The van der Waals surface area contributed by atoms with E-state index in [4.69, 9.17) is 9.47 Å². The van der Waals surface area contributed by atoms with E-state index in [-0.39, 0.29) is 49.3 Å². The summed E-state index contributed by atoms with van der Waals surface area (Å²) in [7, 11) is -2.33. The number of piperazine rings is 1. The Hall–Kier alpha value is -2.33. The first-order valence-corrected chi connectivity index (χ1v) is 9.61. The number of carbonyl (C=O) groups is 2. The van der Waals surface area contributed by atoms with Crippen LogP contribution in [0.25, 0.3) is 0 Å². The molecule has 1 N–H and O–H groups in total. The zero-order chi connectivity index (χ0) is 19.3. The summed E-state index contributed by atoms with van der Waals surface area (Å²) in [5.41, 5.74) is 0.284. The Kier molecular flexibility index (Phi) is 6.43. The molecule has 1 saturated heterocycles. The number of nitrogens with zero attached hydrogens (tertiary/aromatic N) is 2. The molecule has 0 bridgehead atoms. The summed E-state index contributed by atoms with van der Waals surface area (Å²) >= 11 is 0. The van der Waals surface area contributed by atoms with E-state index in [9.17, 15) is 18.0 Å². The Morgan fingerprint density at radius 1 is 1.19 bits per heavy atom. The quantitative estimate of drug-likeness (QED) is 0.814. The number of sulfonamides is 1. The van der Waals surface area contributed by atoms with Gasteiger partial charge in [0.05, 0.1) is 24.3 Å². The molecule has 0 radical (unpaired) electrons. The van der Waals surface area contributed by atoms with Crippen LogP contribution in [0, 0.1) is 0 Å². The number of rotatable bonds is 5. The number of hydrogen-bond acceptors (Lipinski definition) is 6. The zero-order valence-electron chi connectivity index (χ0n) is 15.0. The van der Waals surface area contributed by atoms with Gasteiger partial charge in [-0.05, 0) is 25.1 Å². The van der Waals surface area contributed by atoms with Crippen molar-refractivity contribution < 1.29 is 27.5 Å². The van der Waals surface area contributed by atoms with Gasteiger partial charge in [0.2, 0.25) is 15.9 Å². The van der Waals surface area contributed by atoms with Crippen LogP contribution in [-0.2, 0) is 19.6 Å². The lowest BCUT2D eigenvalue weighted by atomic mass is 10.3. The highest BCUT2D eigenvalue weighted by Gasteiger charge is 2.31. The minimum Gasteiger partial charge on any atom is -0.495 e. The van der Waals surface area contributed by atoms with Gasteiger partial charge in [0, 0.05) is 33.1 Å². The standard InChI is InChI=1S/C16H23N3O6S/c1-4-25-16(21)18-7-9-19(10-8-18)26(22,23)13-5-6-15(24-3)14(11-13)17-12(2)20/h5-6,11H,4,7-10H2,1-3H3,(H,17,20). The van der Waals surface area contributed by atoms with Crippen LogP contribution in [0.4, 0.5) is 10.5 Å². The average Bonchev–Trinajstić information content (AvgIpc) is 2.61. The molecule has 0 aliphatic carbocycles. The van der Waals surface area contributed by atoms with Crippen molar-refractivity contribution in [2.24, 2.45) is 0 Å². The van der Waals surface area contributed by atoms with E-state index in [1.165, 1.54) is 41.4 Å². The topological polar surface area (TPSA) is 105 Å². The van der Waals surface area contributed by atoms with Gasteiger partial charge in [-0.2, -0.15) is 4.31 Å². The Morgan fingerprint density at radius 3 is 2.38 bits per heavy atom. The molecule has 26 heavy (non-hydrogen) atoms. The summed E-state index contributed by atoms with van der Waals surface area (Å²) in [6, 6.07) is 4.29. The summed E-state index contributed by atoms with van der Waals surface area (Å²) in [5.74, 6) is 0.0344. The van der Waals surface area contributed by atoms with Crippen molar-refractivity contribution in [3.05, 3.63) is 18.2 Å². The van der Waals surface area contributed by atoms with Gasteiger partial charge in [-0.15, -0.1) is 0 Å². The monoisotopic (exact) mass is 385 g/mol. The second kappa shape index (κ2) is 8.37. The molecule has 1 aliphatic heterocycles. The fraction of sp³-hybridized carbons (Fsp3) is 0.500. The highest BCUT2D eigenvalue weighted by Crippen LogP contribution is 2.29. The summed E-state index contributed by atoms with van der Waals surface area (Å²) in [6.07, 6.45) is -0.443. The maximum Gasteiger partial charge on any atom is 0.409 e. The molecule has 2 rings (SSSR count). The smallest absolute Gasteiger partial charge is 0.409 e. The van der Waals surface area contributed by atoms with Crippen molar-refractivity contribution in [2.45, 2.75) is 18.7 Å². The number of ether oxygens (including phenoxy) is 2. The molecule has 0 spiro atoms. The lowest BCUT2D eigenvalue weighted by Gasteiger charge is -2.33. The minimum absolute atomic E-state index is 0.0478. The molecule has 1 fully saturated rings. The Balaban J connectivity index is 2.18. The number of anilines is 1. The molecule has 10 heteroatoms. The van der Waals surface area contributed by atoms with E-state index in [2.05, 4.69) is 5.32 Å². The predicted octanol–water partition coefficient (Wildman–Crippen LogP) is 1.12. The van der Waals surface area contributed by atoms with E-state index in [1.807, 2.05) is 0 Å². The third kappa shape index (κ3) is 4.44. The molecule has 1 aromatic carbocycles. The maximum absolute atomic E-state index is 12.9. The number of amides is 2.